The number of hydrogen-bond acceptors (Lipinski definition) is 1. The minimum atomic E-state index is -1.58. The van der Waals surface area contributed by atoms with Crippen LogP contribution in [0.4, 0.5) is 13.2 Å². The van der Waals surface area contributed by atoms with E-state index in [2.05, 4.69) is 15.9 Å². The number of aliphatic hydroxyl groups excluding tert-OH is 1. The van der Waals surface area contributed by atoms with Crippen molar-refractivity contribution in [2.24, 2.45) is 0 Å². The Morgan fingerprint density at radius 2 is 1.68 bits per heavy atom. The number of aliphatic hydroxyl groups is 1. The molecule has 0 spiro atoms. The third-order valence-corrected chi connectivity index (χ3v) is 3.39. The summed E-state index contributed by atoms with van der Waals surface area (Å²) in [7, 11) is 0. The van der Waals surface area contributed by atoms with Crippen LogP contribution in [-0.4, -0.2) is 5.11 Å². The fourth-order valence-electron chi connectivity index (χ4n) is 1.83. The molecule has 0 saturated carbocycles. The molecule has 0 aromatic heterocycles. The minimum absolute atomic E-state index is 0.292. The maximum Gasteiger partial charge on any atom is 0.194 e. The third-order valence-electron chi connectivity index (χ3n) is 2.90. The molecule has 2 aromatic rings. The van der Waals surface area contributed by atoms with Gasteiger partial charge in [0.05, 0.1) is 0 Å². The zero-order valence-electron chi connectivity index (χ0n) is 9.92. The van der Waals surface area contributed by atoms with Crippen LogP contribution in [0.3, 0.4) is 0 Å². The van der Waals surface area contributed by atoms with Crippen LogP contribution in [0.1, 0.15) is 22.8 Å². The first kappa shape index (κ1) is 14.1. The highest BCUT2D eigenvalue weighted by Crippen LogP contribution is 2.30. The molecular weight excluding hydrogens is 321 g/mol. The Kier molecular flexibility index (Phi) is 3.96. The van der Waals surface area contributed by atoms with Crippen LogP contribution in [0.2, 0.25) is 0 Å². The lowest BCUT2D eigenvalue weighted by Gasteiger charge is -2.15. The van der Waals surface area contributed by atoms with Crippen molar-refractivity contribution in [1.82, 2.24) is 0 Å². The van der Waals surface area contributed by atoms with Crippen molar-refractivity contribution in [1.29, 1.82) is 0 Å². The summed E-state index contributed by atoms with van der Waals surface area (Å²) >= 11 is 3.24. The van der Waals surface area contributed by atoms with E-state index in [0.717, 1.165) is 17.7 Å². The number of aryl methyl sites for hydroxylation is 1. The second-order valence-electron chi connectivity index (χ2n) is 4.17. The molecule has 0 aliphatic carbocycles. The van der Waals surface area contributed by atoms with Gasteiger partial charge in [-0.25, -0.2) is 13.2 Å². The van der Waals surface area contributed by atoms with Gasteiger partial charge in [-0.1, -0.05) is 28.1 Å². The number of benzene rings is 2. The van der Waals surface area contributed by atoms with Crippen molar-refractivity contribution in [3.05, 3.63) is 68.9 Å². The summed E-state index contributed by atoms with van der Waals surface area (Å²) in [5.41, 5.74) is 0.860. The highest BCUT2D eigenvalue weighted by molar-refractivity contribution is 9.10. The highest BCUT2D eigenvalue weighted by atomic mass is 79.9. The van der Waals surface area contributed by atoms with E-state index in [4.69, 9.17) is 0 Å². The molecule has 0 bridgehead atoms. The lowest BCUT2D eigenvalue weighted by atomic mass is 9.97. The van der Waals surface area contributed by atoms with Crippen LogP contribution in [0.25, 0.3) is 0 Å². The van der Waals surface area contributed by atoms with Gasteiger partial charge in [0, 0.05) is 10.0 Å². The zero-order chi connectivity index (χ0) is 14.2. The first-order valence-corrected chi connectivity index (χ1v) is 6.28. The molecule has 100 valence electrons. The summed E-state index contributed by atoms with van der Waals surface area (Å²) in [5, 5.41) is 10.1. The summed E-state index contributed by atoms with van der Waals surface area (Å²) in [4.78, 5) is 0. The van der Waals surface area contributed by atoms with Crippen LogP contribution >= 0.6 is 15.9 Å². The van der Waals surface area contributed by atoms with E-state index in [9.17, 15) is 18.3 Å². The Morgan fingerprint density at radius 3 is 2.37 bits per heavy atom. The van der Waals surface area contributed by atoms with E-state index in [1.54, 1.807) is 25.1 Å². The van der Waals surface area contributed by atoms with Gasteiger partial charge < -0.3 is 5.11 Å². The first-order valence-electron chi connectivity index (χ1n) is 5.49. The van der Waals surface area contributed by atoms with Gasteiger partial charge in [-0.05, 0) is 36.2 Å². The Hall–Kier alpha value is -1.33. The van der Waals surface area contributed by atoms with Crippen molar-refractivity contribution in [3.8, 4) is 0 Å². The SMILES string of the molecule is Cc1ccc(Br)cc1C(O)c1ccc(F)c(F)c1F. The molecule has 19 heavy (non-hydrogen) atoms. The second-order valence-corrected chi connectivity index (χ2v) is 5.08. The molecule has 0 radical (unpaired) electrons. The van der Waals surface area contributed by atoms with E-state index in [0.29, 0.717) is 10.0 Å². The largest absolute Gasteiger partial charge is 0.384 e. The average molecular weight is 331 g/mol. The van der Waals surface area contributed by atoms with Gasteiger partial charge in [-0.15, -0.1) is 0 Å². The van der Waals surface area contributed by atoms with Crippen molar-refractivity contribution in [2.45, 2.75) is 13.0 Å². The topological polar surface area (TPSA) is 20.2 Å². The maximum atomic E-state index is 13.6. The molecule has 0 fully saturated rings. The van der Waals surface area contributed by atoms with Crippen LogP contribution in [0.5, 0.6) is 0 Å². The number of hydrogen-bond donors (Lipinski definition) is 1. The number of rotatable bonds is 2. The van der Waals surface area contributed by atoms with Crippen LogP contribution in [0, 0.1) is 24.4 Å². The molecule has 2 aromatic carbocycles. The molecule has 1 atom stereocenters. The fraction of sp³-hybridized carbons (Fsp3) is 0.143. The quantitative estimate of drug-likeness (QED) is 0.816. The standard InChI is InChI=1S/C14H10BrF3O/c1-7-2-3-8(15)6-10(7)14(19)9-4-5-11(16)13(18)12(9)17/h2-6,14,19H,1H3. The van der Waals surface area contributed by atoms with Gasteiger partial charge in [-0.3, -0.25) is 0 Å². The van der Waals surface area contributed by atoms with Crippen LogP contribution < -0.4 is 0 Å². The Balaban J connectivity index is 2.53. The van der Waals surface area contributed by atoms with Gasteiger partial charge in [0.1, 0.15) is 6.10 Å². The predicted octanol–water partition coefficient (Wildman–Crippen LogP) is 4.26. The Morgan fingerprint density at radius 1 is 1.00 bits per heavy atom. The number of halogens is 4. The third kappa shape index (κ3) is 2.67. The summed E-state index contributed by atoms with van der Waals surface area (Å²) in [5.74, 6) is -4.23. The smallest absolute Gasteiger partial charge is 0.194 e. The molecule has 1 unspecified atom stereocenters. The van der Waals surface area contributed by atoms with Gasteiger partial charge in [0.25, 0.3) is 0 Å². The van der Waals surface area contributed by atoms with Crippen molar-refractivity contribution in [2.75, 3.05) is 0 Å². The first-order chi connectivity index (χ1) is 8.91. The van der Waals surface area contributed by atoms with Crippen molar-refractivity contribution >= 4 is 15.9 Å². The average Bonchev–Trinajstić information content (AvgIpc) is 2.38. The molecule has 0 aliphatic rings. The van der Waals surface area contributed by atoms with E-state index >= 15 is 0 Å². The van der Waals surface area contributed by atoms with Gasteiger partial charge in [-0.2, -0.15) is 0 Å². The van der Waals surface area contributed by atoms with E-state index in [1.807, 2.05) is 0 Å². The normalized spacial score (nSPS) is 12.5. The summed E-state index contributed by atoms with van der Waals surface area (Å²) in [6, 6.07) is 6.96. The van der Waals surface area contributed by atoms with E-state index < -0.39 is 23.6 Å². The molecule has 5 heteroatoms. The molecule has 0 heterocycles. The van der Waals surface area contributed by atoms with Gasteiger partial charge >= 0.3 is 0 Å². The summed E-state index contributed by atoms with van der Waals surface area (Å²) in [6.45, 7) is 1.74. The van der Waals surface area contributed by atoms with Crippen LogP contribution in [-0.2, 0) is 0 Å². The summed E-state index contributed by atoms with van der Waals surface area (Å²) < 4.78 is 40.4. The monoisotopic (exact) mass is 330 g/mol. The lowest BCUT2D eigenvalue weighted by molar-refractivity contribution is 0.212. The van der Waals surface area contributed by atoms with Crippen molar-refractivity contribution < 1.29 is 18.3 Å². The predicted molar refractivity (Wildman–Crippen MR) is 69.3 cm³/mol. The highest BCUT2D eigenvalue weighted by Gasteiger charge is 2.21. The van der Waals surface area contributed by atoms with Gasteiger partial charge in [0.2, 0.25) is 0 Å². The molecule has 0 amide bonds. The molecular formula is C14H10BrF3O. The molecule has 0 aliphatic heterocycles. The van der Waals surface area contributed by atoms with Gasteiger partial charge in [0.15, 0.2) is 17.5 Å². The molecule has 1 nitrogen and oxygen atoms in total. The summed E-state index contributed by atoms with van der Waals surface area (Å²) in [6.07, 6.45) is -1.35. The maximum absolute atomic E-state index is 13.6. The minimum Gasteiger partial charge on any atom is -0.384 e. The molecule has 1 N–H and O–H groups in total. The lowest BCUT2D eigenvalue weighted by Crippen LogP contribution is -2.07. The Labute approximate surface area is 116 Å². The van der Waals surface area contributed by atoms with E-state index in [-0.39, 0.29) is 5.56 Å². The van der Waals surface area contributed by atoms with E-state index in [1.165, 1.54) is 0 Å². The Bertz CT molecular complexity index is 628. The molecule has 0 saturated heterocycles. The second kappa shape index (κ2) is 5.35. The van der Waals surface area contributed by atoms with Crippen LogP contribution in [0.15, 0.2) is 34.8 Å². The molecule has 2 rings (SSSR count). The fourth-order valence-corrected chi connectivity index (χ4v) is 2.20. The van der Waals surface area contributed by atoms with Crippen molar-refractivity contribution in [3.63, 3.8) is 0 Å². The zero-order valence-corrected chi connectivity index (χ0v) is 11.5.